The first-order chi connectivity index (χ1) is 9.27. The number of benzene rings is 1. The molecule has 1 aromatic carbocycles. The van der Waals surface area contributed by atoms with Crippen molar-refractivity contribution < 1.29 is 22.3 Å². The van der Waals surface area contributed by atoms with Crippen molar-refractivity contribution in [2.45, 2.75) is 36.9 Å². The molecule has 1 heterocycles. The Kier molecular flexibility index (Phi) is 4.94. The summed E-state index contributed by atoms with van der Waals surface area (Å²) in [4.78, 5) is -0.580. The third kappa shape index (κ3) is 3.84. The highest BCUT2D eigenvalue weighted by Gasteiger charge is 2.24. The normalized spacial score (nSPS) is 23.0. The summed E-state index contributed by atoms with van der Waals surface area (Å²) in [5, 5.41) is 0. The number of rotatable bonds is 4. The standard InChI is InChI=1S/C12H13BrClFO4S/c1-7-2-3-8(19-7)6-18-11-5-10(15)12(4-9(11)13)20(14,16)17/h4-5,7-8H,2-3,6H2,1H3. The zero-order chi connectivity index (χ0) is 14.9. The molecule has 1 fully saturated rings. The lowest BCUT2D eigenvalue weighted by molar-refractivity contribution is 0.0262. The first-order valence-electron chi connectivity index (χ1n) is 5.99. The van der Waals surface area contributed by atoms with E-state index in [1.807, 2.05) is 6.92 Å². The summed E-state index contributed by atoms with van der Waals surface area (Å²) in [5.74, 6) is -0.728. The van der Waals surface area contributed by atoms with Crippen LogP contribution in [0.15, 0.2) is 21.5 Å². The molecule has 2 rings (SSSR count). The van der Waals surface area contributed by atoms with Crippen molar-refractivity contribution in [2.24, 2.45) is 0 Å². The maximum Gasteiger partial charge on any atom is 0.264 e. The van der Waals surface area contributed by atoms with Crippen molar-refractivity contribution in [2.75, 3.05) is 6.61 Å². The van der Waals surface area contributed by atoms with Gasteiger partial charge in [-0.2, -0.15) is 0 Å². The van der Waals surface area contributed by atoms with Gasteiger partial charge in [0.15, 0.2) is 0 Å². The van der Waals surface area contributed by atoms with Crippen LogP contribution in [0.2, 0.25) is 0 Å². The van der Waals surface area contributed by atoms with Crippen LogP contribution in [-0.4, -0.2) is 27.2 Å². The zero-order valence-corrected chi connectivity index (χ0v) is 13.8. The number of halogens is 3. The van der Waals surface area contributed by atoms with Gasteiger partial charge in [-0.1, -0.05) is 0 Å². The molecule has 0 amide bonds. The van der Waals surface area contributed by atoms with Gasteiger partial charge in [0.25, 0.3) is 9.05 Å². The maximum absolute atomic E-state index is 13.7. The molecule has 0 bridgehead atoms. The van der Waals surface area contributed by atoms with E-state index in [1.54, 1.807) is 0 Å². The molecule has 0 saturated carbocycles. The fraction of sp³-hybridized carbons (Fsp3) is 0.500. The van der Waals surface area contributed by atoms with Crippen LogP contribution < -0.4 is 4.74 Å². The lowest BCUT2D eigenvalue weighted by Crippen LogP contribution is -2.18. The fourth-order valence-electron chi connectivity index (χ4n) is 2.00. The van der Waals surface area contributed by atoms with Crippen LogP contribution in [0.3, 0.4) is 0 Å². The molecule has 112 valence electrons. The van der Waals surface area contributed by atoms with E-state index < -0.39 is 19.8 Å². The van der Waals surface area contributed by atoms with Crippen LogP contribution in [0, 0.1) is 5.82 Å². The van der Waals surface area contributed by atoms with E-state index in [4.69, 9.17) is 20.2 Å². The third-order valence-electron chi connectivity index (χ3n) is 2.99. The SMILES string of the molecule is CC1CCC(COc2cc(F)c(S(=O)(=O)Cl)cc2Br)O1. The van der Waals surface area contributed by atoms with E-state index in [-0.39, 0.29) is 24.6 Å². The molecule has 1 saturated heterocycles. The van der Waals surface area contributed by atoms with Crippen molar-refractivity contribution >= 4 is 35.7 Å². The van der Waals surface area contributed by atoms with Crippen LogP contribution in [-0.2, 0) is 13.8 Å². The Hall–Kier alpha value is -0.370. The molecule has 0 N–H and O–H groups in total. The average Bonchev–Trinajstić information content (AvgIpc) is 2.74. The van der Waals surface area contributed by atoms with E-state index >= 15 is 0 Å². The van der Waals surface area contributed by atoms with Crippen molar-refractivity contribution in [3.8, 4) is 5.75 Å². The van der Waals surface area contributed by atoms with Gasteiger partial charge in [0.2, 0.25) is 0 Å². The van der Waals surface area contributed by atoms with Crippen LogP contribution >= 0.6 is 26.6 Å². The second-order valence-corrected chi connectivity index (χ2v) is 8.00. The molecule has 2 unspecified atom stereocenters. The van der Waals surface area contributed by atoms with Gasteiger partial charge in [-0.15, -0.1) is 0 Å². The largest absolute Gasteiger partial charge is 0.490 e. The van der Waals surface area contributed by atoms with E-state index in [0.29, 0.717) is 4.47 Å². The third-order valence-corrected chi connectivity index (χ3v) is 4.95. The summed E-state index contributed by atoms with van der Waals surface area (Å²) in [6.07, 6.45) is 2.02. The molecule has 2 atom stereocenters. The van der Waals surface area contributed by atoms with E-state index in [9.17, 15) is 12.8 Å². The van der Waals surface area contributed by atoms with Gasteiger partial charge in [-0.3, -0.25) is 0 Å². The number of hydrogen-bond donors (Lipinski definition) is 0. The molecule has 0 radical (unpaired) electrons. The van der Waals surface area contributed by atoms with Gasteiger partial charge in [-0.05, 0) is 41.8 Å². The van der Waals surface area contributed by atoms with Gasteiger partial charge in [0, 0.05) is 16.7 Å². The van der Waals surface area contributed by atoms with Crippen molar-refractivity contribution in [1.29, 1.82) is 0 Å². The van der Waals surface area contributed by atoms with Gasteiger partial charge >= 0.3 is 0 Å². The van der Waals surface area contributed by atoms with E-state index in [2.05, 4.69) is 15.9 Å². The van der Waals surface area contributed by atoms with Crippen molar-refractivity contribution in [1.82, 2.24) is 0 Å². The molecule has 0 spiro atoms. The Bertz CT molecular complexity index is 608. The molecule has 1 aliphatic rings. The topological polar surface area (TPSA) is 52.6 Å². The lowest BCUT2D eigenvalue weighted by Gasteiger charge is -2.14. The molecule has 0 aliphatic carbocycles. The van der Waals surface area contributed by atoms with Gasteiger partial charge in [0.1, 0.15) is 23.1 Å². The fourth-order valence-corrected chi connectivity index (χ4v) is 3.51. The molecule has 20 heavy (non-hydrogen) atoms. The Morgan fingerprint density at radius 1 is 1.50 bits per heavy atom. The minimum atomic E-state index is -4.12. The van der Waals surface area contributed by atoms with Crippen molar-refractivity contribution in [3.05, 3.63) is 22.4 Å². The smallest absolute Gasteiger partial charge is 0.264 e. The van der Waals surface area contributed by atoms with E-state index in [1.165, 1.54) is 0 Å². The predicted octanol–water partition coefficient (Wildman–Crippen LogP) is 3.46. The summed E-state index contributed by atoms with van der Waals surface area (Å²) in [6.45, 7) is 2.27. The minimum Gasteiger partial charge on any atom is -0.490 e. The molecular weight excluding hydrogens is 375 g/mol. The summed E-state index contributed by atoms with van der Waals surface area (Å²) < 4.78 is 47.4. The molecule has 1 aromatic rings. The Balaban J connectivity index is 2.11. The minimum absolute atomic E-state index is 0.0311. The Morgan fingerprint density at radius 2 is 2.20 bits per heavy atom. The quantitative estimate of drug-likeness (QED) is 0.743. The number of hydrogen-bond acceptors (Lipinski definition) is 4. The van der Waals surface area contributed by atoms with Crippen LogP contribution in [0.4, 0.5) is 4.39 Å². The predicted molar refractivity (Wildman–Crippen MR) is 76.2 cm³/mol. The summed E-state index contributed by atoms with van der Waals surface area (Å²) in [6, 6.07) is 2.09. The molecule has 0 aromatic heterocycles. The first kappa shape index (κ1) is 16.0. The van der Waals surface area contributed by atoms with Gasteiger partial charge in [0.05, 0.1) is 16.7 Å². The summed E-state index contributed by atoms with van der Waals surface area (Å²) >= 11 is 3.14. The highest BCUT2D eigenvalue weighted by molar-refractivity contribution is 9.10. The monoisotopic (exact) mass is 386 g/mol. The molecule has 1 aliphatic heterocycles. The van der Waals surface area contributed by atoms with Gasteiger partial charge in [-0.25, -0.2) is 12.8 Å². The molecule has 8 heteroatoms. The van der Waals surface area contributed by atoms with Crippen LogP contribution in [0.5, 0.6) is 5.75 Å². The summed E-state index contributed by atoms with van der Waals surface area (Å²) in [7, 11) is 1.01. The zero-order valence-electron chi connectivity index (χ0n) is 10.6. The van der Waals surface area contributed by atoms with Crippen LogP contribution in [0.1, 0.15) is 19.8 Å². The molecular formula is C12H13BrClFO4S. The second-order valence-electron chi connectivity index (χ2n) is 4.61. The maximum atomic E-state index is 13.7. The van der Waals surface area contributed by atoms with E-state index in [0.717, 1.165) is 25.0 Å². The highest BCUT2D eigenvalue weighted by atomic mass is 79.9. The molecule has 4 nitrogen and oxygen atoms in total. The Labute approximate surface area is 129 Å². The number of ether oxygens (including phenoxy) is 2. The Morgan fingerprint density at radius 3 is 2.75 bits per heavy atom. The summed E-state index contributed by atoms with van der Waals surface area (Å²) in [5.41, 5.74) is 0. The van der Waals surface area contributed by atoms with Crippen LogP contribution in [0.25, 0.3) is 0 Å². The first-order valence-corrected chi connectivity index (χ1v) is 9.09. The second kappa shape index (κ2) is 6.17. The highest BCUT2D eigenvalue weighted by Crippen LogP contribution is 2.32. The van der Waals surface area contributed by atoms with Gasteiger partial charge < -0.3 is 9.47 Å². The average molecular weight is 388 g/mol. The lowest BCUT2D eigenvalue weighted by atomic mass is 10.2. The van der Waals surface area contributed by atoms with Crippen molar-refractivity contribution in [3.63, 3.8) is 0 Å².